The molecule has 0 aliphatic rings. The van der Waals surface area contributed by atoms with Crippen LogP contribution >= 0.6 is 11.3 Å². The van der Waals surface area contributed by atoms with Gasteiger partial charge in [0.15, 0.2) is 0 Å². The molecule has 0 amide bonds. The van der Waals surface area contributed by atoms with E-state index < -0.39 is 0 Å². The van der Waals surface area contributed by atoms with Gasteiger partial charge in [-0.25, -0.2) is 0 Å². The van der Waals surface area contributed by atoms with Crippen molar-refractivity contribution in [3.05, 3.63) is 46.8 Å². The van der Waals surface area contributed by atoms with E-state index in [4.69, 9.17) is 11.5 Å². The van der Waals surface area contributed by atoms with Crippen LogP contribution in [0.5, 0.6) is 0 Å². The van der Waals surface area contributed by atoms with E-state index >= 15 is 0 Å². The number of thiophene rings is 1. The Kier molecular flexibility index (Phi) is 14.4. The van der Waals surface area contributed by atoms with Gasteiger partial charge in [-0.3, -0.25) is 0 Å². The predicted molar refractivity (Wildman–Crippen MR) is 135 cm³/mol. The van der Waals surface area contributed by atoms with Crippen LogP contribution in [0.15, 0.2) is 35.7 Å². The number of nitrogens with one attached hydrogen (secondary N) is 4. The number of benzene rings is 1. The van der Waals surface area contributed by atoms with Gasteiger partial charge in [-0.1, -0.05) is 12.1 Å². The third-order valence-corrected chi connectivity index (χ3v) is 5.97. The molecule has 0 spiro atoms. The second-order valence-electron chi connectivity index (χ2n) is 7.86. The molecule has 1 aromatic carbocycles. The summed E-state index contributed by atoms with van der Waals surface area (Å²) in [5.41, 5.74) is 15.1. The lowest BCUT2D eigenvalue weighted by Crippen LogP contribution is -2.24. The van der Waals surface area contributed by atoms with E-state index in [0.29, 0.717) is 0 Å². The van der Waals surface area contributed by atoms with E-state index in [0.717, 1.165) is 91.1 Å². The summed E-state index contributed by atoms with van der Waals surface area (Å²) < 4.78 is 0. The third kappa shape index (κ3) is 11.8. The van der Waals surface area contributed by atoms with Crippen molar-refractivity contribution in [2.75, 3.05) is 52.4 Å². The topological polar surface area (TPSA) is 100 Å². The first-order valence-corrected chi connectivity index (χ1v) is 12.6. The van der Waals surface area contributed by atoms with Crippen molar-refractivity contribution in [1.29, 1.82) is 0 Å². The van der Waals surface area contributed by atoms with Crippen molar-refractivity contribution in [2.24, 2.45) is 11.5 Å². The smallest absolute Gasteiger partial charge is 0.0342 e. The van der Waals surface area contributed by atoms with Crippen molar-refractivity contribution in [3.8, 4) is 10.4 Å². The van der Waals surface area contributed by atoms with Crippen LogP contribution in [0.2, 0.25) is 0 Å². The number of rotatable bonds is 19. The molecular weight excluding hydrogens is 404 g/mol. The van der Waals surface area contributed by atoms with Crippen LogP contribution in [-0.2, 0) is 13.1 Å². The Bertz CT molecular complexity index is 638. The van der Waals surface area contributed by atoms with Crippen LogP contribution < -0.4 is 32.7 Å². The van der Waals surface area contributed by atoms with Gasteiger partial charge < -0.3 is 32.7 Å². The van der Waals surface area contributed by atoms with Gasteiger partial charge in [-0.15, -0.1) is 11.3 Å². The molecule has 7 heteroatoms. The highest BCUT2D eigenvalue weighted by Crippen LogP contribution is 2.27. The van der Waals surface area contributed by atoms with Gasteiger partial charge in [-0.05, 0) is 118 Å². The zero-order valence-corrected chi connectivity index (χ0v) is 19.7. The van der Waals surface area contributed by atoms with Crippen molar-refractivity contribution in [3.63, 3.8) is 0 Å². The van der Waals surface area contributed by atoms with E-state index in [2.05, 4.69) is 57.0 Å². The molecule has 0 aliphatic heterocycles. The summed E-state index contributed by atoms with van der Waals surface area (Å²) in [6, 6.07) is 11.3. The summed E-state index contributed by atoms with van der Waals surface area (Å²) in [4.78, 5) is 1.33. The highest BCUT2D eigenvalue weighted by atomic mass is 32.1. The Morgan fingerprint density at radius 2 is 1.16 bits per heavy atom. The van der Waals surface area contributed by atoms with Crippen molar-refractivity contribution >= 4 is 11.3 Å². The first kappa shape index (κ1) is 25.9. The summed E-state index contributed by atoms with van der Waals surface area (Å²) in [6.45, 7) is 9.46. The van der Waals surface area contributed by atoms with Crippen LogP contribution in [0.3, 0.4) is 0 Å². The second-order valence-corrected chi connectivity index (χ2v) is 8.81. The maximum absolute atomic E-state index is 5.52. The molecule has 1 heterocycles. The monoisotopic (exact) mass is 446 g/mol. The fraction of sp³-hybridized carbons (Fsp3) is 0.583. The molecule has 8 N–H and O–H groups in total. The zero-order valence-electron chi connectivity index (χ0n) is 18.9. The van der Waals surface area contributed by atoms with Crippen LogP contribution in [0, 0.1) is 0 Å². The Balaban J connectivity index is 1.77. The van der Waals surface area contributed by atoms with Gasteiger partial charge in [0.2, 0.25) is 0 Å². The van der Waals surface area contributed by atoms with E-state index in [9.17, 15) is 0 Å². The molecule has 1 aromatic heterocycles. The normalized spacial score (nSPS) is 11.3. The van der Waals surface area contributed by atoms with Crippen molar-refractivity contribution in [2.45, 2.75) is 38.8 Å². The fourth-order valence-electron chi connectivity index (χ4n) is 3.40. The van der Waals surface area contributed by atoms with Crippen molar-refractivity contribution < 1.29 is 0 Å². The molecule has 2 rings (SSSR count). The average Bonchev–Trinajstić information content (AvgIpc) is 3.32. The molecule has 0 fully saturated rings. The second kappa shape index (κ2) is 17.3. The Morgan fingerprint density at radius 1 is 0.645 bits per heavy atom. The first-order chi connectivity index (χ1) is 15.3. The Hall–Kier alpha value is -1.32. The summed E-state index contributed by atoms with van der Waals surface area (Å²) in [6.07, 6.45) is 4.35. The summed E-state index contributed by atoms with van der Waals surface area (Å²) in [7, 11) is 0. The van der Waals surface area contributed by atoms with E-state index in [1.165, 1.54) is 21.6 Å². The maximum Gasteiger partial charge on any atom is 0.0342 e. The standard InChI is InChI=1S/C24H42N6S/c25-7-2-9-27-11-4-13-29-19-21-16-22(18-23(17-21)24-6-1-15-31-24)20-30-14-5-12-28-10-3-8-26/h1,6,15-18,27-30H,2-5,7-14,19-20,25-26H2. The number of hydrogen-bond donors (Lipinski definition) is 6. The highest BCUT2D eigenvalue weighted by Gasteiger charge is 2.05. The molecule has 0 radical (unpaired) electrons. The molecule has 0 aliphatic carbocycles. The number of hydrogen-bond acceptors (Lipinski definition) is 7. The quantitative estimate of drug-likeness (QED) is 0.185. The number of nitrogens with two attached hydrogens (primary N) is 2. The van der Waals surface area contributed by atoms with Gasteiger partial charge in [0.25, 0.3) is 0 Å². The van der Waals surface area contributed by atoms with Crippen LogP contribution in [-0.4, -0.2) is 52.4 Å². The van der Waals surface area contributed by atoms with E-state index in [1.807, 2.05) is 0 Å². The Labute approximate surface area is 192 Å². The van der Waals surface area contributed by atoms with Gasteiger partial charge in [0.1, 0.15) is 0 Å². The average molecular weight is 447 g/mol. The molecule has 2 aromatic rings. The summed E-state index contributed by atoms with van der Waals surface area (Å²) >= 11 is 1.80. The third-order valence-electron chi connectivity index (χ3n) is 5.05. The molecule has 31 heavy (non-hydrogen) atoms. The molecule has 0 bridgehead atoms. The Morgan fingerprint density at radius 3 is 1.65 bits per heavy atom. The van der Waals surface area contributed by atoms with E-state index in [1.54, 1.807) is 11.3 Å². The molecular formula is C24H42N6S. The van der Waals surface area contributed by atoms with Gasteiger partial charge in [0, 0.05) is 18.0 Å². The van der Waals surface area contributed by atoms with E-state index in [-0.39, 0.29) is 0 Å². The van der Waals surface area contributed by atoms with Gasteiger partial charge in [0.05, 0.1) is 0 Å². The van der Waals surface area contributed by atoms with Crippen LogP contribution in [0.1, 0.15) is 36.8 Å². The molecule has 6 nitrogen and oxygen atoms in total. The minimum Gasteiger partial charge on any atom is -0.330 e. The molecule has 0 unspecified atom stereocenters. The minimum atomic E-state index is 0.759. The van der Waals surface area contributed by atoms with Crippen LogP contribution in [0.4, 0.5) is 0 Å². The minimum absolute atomic E-state index is 0.759. The lowest BCUT2D eigenvalue weighted by atomic mass is 10.0. The van der Waals surface area contributed by atoms with Gasteiger partial charge >= 0.3 is 0 Å². The highest BCUT2D eigenvalue weighted by molar-refractivity contribution is 7.13. The van der Waals surface area contributed by atoms with Crippen LogP contribution in [0.25, 0.3) is 10.4 Å². The maximum atomic E-state index is 5.52. The summed E-state index contributed by atoms with van der Waals surface area (Å²) in [5.74, 6) is 0. The van der Waals surface area contributed by atoms with Crippen molar-refractivity contribution in [1.82, 2.24) is 21.3 Å². The fourth-order valence-corrected chi connectivity index (χ4v) is 4.11. The summed E-state index contributed by atoms with van der Waals surface area (Å²) in [5, 5.41) is 16.2. The van der Waals surface area contributed by atoms with Gasteiger partial charge in [-0.2, -0.15) is 0 Å². The first-order valence-electron chi connectivity index (χ1n) is 11.7. The molecule has 0 saturated heterocycles. The SMILES string of the molecule is NCCCNCCCNCc1cc(CNCCCNCCCN)cc(-c2cccs2)c1. The lowest BCUT2D eigenvalue weighted by molar-refractivity contribution is 0.583. The largest absolute Gasteiger partial charge is 0.330 e. The molecule has 0 saturated carbocycles. The predicted octanol–water partition coefficient (Wildman–Crippen LogP) is 2.25. The molecule has 0 atom stereocenters. The lowest BCUT2D eigenvalue weighted by Gasteiger charge is -2.12. The molecule has 174 valence electrons. The zero-order chi connectivity index (χ0) is 22.0.